The van der Waals surface area contributed by atoms with Gasteiger partial charge in [0.2, 0.25) is 0 Å². The van der Waals surface area contributed by atoms with Crippen molar-refractivity contribution in [3.63, 3.8) is 0 Å². The molecule has 0 atom stereocenters. The van der Waals surface area contributed by atoms with E-state index >= 15 is 0 Å². The zero-order chi connectivity index (χ0) is 19.3. The lowest BCUT2D eigenvalue weighted by Gasteiger charge is -2.12. The molecule has 142 valence electrons. The first-order chi connectivity index (χ1) is 13.6. The molecule has 0 aromatic heterocycles. The Morgan fingerprint density at radius 3 is 2.79 bits per heavy atom. The fourth-order valence-electron chi connectivity index (χ4n) is 3.96. The van der Waals surface area contributed by atoms with E-state index in [-0.39, 0.29) is 5.91 Å². The van der Waals surface area contributed by atoms with Crippen LogP contribution in [-0.2, 0) is 27.4 Å². The summed E-state index contributed by atoms with van der Waals surface area (Å²) >= 11 is 0. The molecule has 2 aliphatic heterocycles. The van der Waals surface area contributed by atoms with E-state index in [9.17, 15) is 14.7 Å². The molecule has 1 saturated carbocycles. The molecular weight excluding hydrogens is 356 g/mol. The Balaban J connectivity index is 1.38. The van der Waals surface area contributed by atoms with Crippen LogP contribution in [0.15, 0.2) is 42.5 Å². The second-order valence-corrected chi connectivity index (χ2v) is 7.55. The second-order valence-electron chi connectivity index (χ2n) is 7.55. The van der Waals surface area contributed by atoms with Gasteiger partial charge in [-0.15, -0.1) is 0 Å². The quantitative estimate of drug-likeness (QED) is 0.699. The van der Waals surface area contributed by atoms with E-state index in [1.165, 1.54) is 0 Å². The Labute approximate surface area is 162 Å². The van der Waals surface area contributed by atoms with Gasteiger partial charge in [0.05, 0.1) is 5.57 Å². The molecule has 1 fully saturated rings. The largest absolute Gasteiger partial charge is 0.487 e. The molecule has 0 saturated heterocycles. The van der Waals surface area contributed by atoms with Crippen molar-refractivity contribution in [3.05, 3.63) is 64.7 Å². The van der Waals surface area contributed by atoms with Crippen molar-refractivity contribution in [2.24, 2.45) is 0 Å². The predicted molar refractivity (Wildman–Crippen MR) is 104 cm³/mol. The van der Waals surface area contributed by atoms with Crippen molar-refractivity contribution in [1.29, 1.82) is 0 Å². The molecule has 3 aliphatic rings. The normalized spacial score (nSPS) is 20.9. The van der Waals surface area contributed by atoms with Crippen LogP contribution in [0.1, 0.15) is 35.1 Å². The molecular formula is C22H20N2O4. The standard InChI is InChI=1S/C22H20N2O4/c25-20-18(16-3-1-2-4-17(16)24-20)19-15-6-5-13(11-14(15)12-28-19)7-10-23-22(8-9-22)21(26)27/h1-6,11,23H,7-10,12H2,(H,24,25)(H,26,27). The summed E-state index contributed by atoms with van der Waals surface area (Å²) in [5.74, 6) is -0.271. The number of carbonyl (C=O) groups excluding carboxylic acids is 1. The van der Waals surface area contributed by atoms with Gasteiger partial charge < -0.3 is 20.5 Å². The first-order valence-electron chi connectivity index (χ1n) is 9.46. The van der Waals surface area contributed by atoms with Crippen molar-refractivity contribution in [3.8, 4) is 0 Å². The van der Waals surface area contributed by atoms with Gasteiger partial charge in [-0.1, -0.05) is 36.4 Å². The highest BCUT2D eigenvalue weighted by Crippen LogP contribution is 2.41. The van der Waals surface area contributed by atoms with Gasteiger partial charge in [-0.25, -0.2) is 0 Å². The van der Waals surface area contributed by atoms with Gasteiger partial charge in [-0.3, -0.25) is 9.59 Å². The summed E-state index contributed by atoms with van der Waals surface area (Å²) in [6, 6.07) is 13.7. The number of rotatable bonds is 5. The molecule has 2 aromatic carbocycles. The molecule has 2 heterocycles. The number of hydrogen-bond donors (Lipinski definition) is 3. The SMILES string of the molecule is O=C1Nc2ccccc2C1=C1OCc2cc(CCNC3(C(=O)O)CC3)ccc21. The van der Waals surface area contributed by atoms with E-state index in [4.69, 9.17) is 4.74 Å². The number of hydrogen-bond acceptors (Lipinski definition) is 4. The van der Waals surface area contributed by atoms with E-state index in [2.05, 4.69) is 16.7 Å². The van der Waals surface area contributed by atoms with E-state index in [0.717, 1.165) is 34.4 Å². The number of aliphatic carboxylic acids is 1. The number of anilines is 1. The number of carbonyl (C=O) groups is 2. The van der Waals surface area contributed by atoms with Crippen LogP contribution in [0, 0.1) is 0 Å². The van der Waals surface area contributed by atoms with Gasteiger partial charge in [0.15, 0.2) is 0 Å². The van der Waals surface area contributed by atoms with Crippen LogP contribution in [0.4, 0.5) is 5.69 Å². The number of carboxylic acid groups (broad SMARTS) is 1. The van der Waals surface area contributed by atoms with Crippen LogP contribution >= 0.6 is 0 Å². The van der Waals surface area contributed by atoms with Crippen LogP contribution in [0.2, 0.25) is 0 Å². The van der Waals surface area contributed by atoms with Crippen LogP contribution in [0.25, 0.3) is 11.3 Å². The highest BCUT2D eigenvalue weighted by Gasteiger charge is 2.49. The van der Waals surface area contributed by atoms with Crippen LogP contribution < -0.4 is 10.6 Å². The minimum atomic E-state index is -0.763. The Morgan fingerprint density at radius 1 is 1.18 bits per heavy atom. The average molecular weight is 376 g/mol. The van der Waals surface area contributed by atoms with Gasteiger partial charge in [0, 0.05) is 28.9 Å². The van der Waals surface area contributed by atoms with Gasteiger partial charge in [0.25, 0.3) is 5.91 Å². The van der Waals surface area contributed by atoms with Crippen molar-refractivity contribution < 1.29 is 19.4 Å². The summed E-state index contributed by atoms with van der Waals surface area (Å²) in [6.07, 6.45) is 2.14. The Bertz CT molecular complexity index is 1040. The first-order valence-corrected chi connectivity index (χ1v) is 9.46. The van der Waals surface area contributed by atoms with Gasteiger partial charge in [-0.2, -0.15) is 0 Å². The highest BCUT2D eigenvalue weighted by molar-refractivity contribution is 6.36. The lowest BCUT2D eigenvalue weighted by Crippen LogP contribution is -2.40. The number of ether oxygens (including phenoxy) is 1. The molecule has 2 aromatic rings. The maximum absolute atomic E-state index is 12.5. The van der Waals surface area contributed by atoms with E-state index in [0.29, 0.717) is 37.3 Å². The Hall–Kier alpha value is -3.12. The second kappa shape index (κ2) is 6.21. The molecule has 6 nitrogen and oxygen atoms in total. The number of benzene rings is 2. The van der Waals surface area contributed by atoms with E-state index < -0.39 is 11.5 Å². The topological polar surface area (TPSA) is 87.7 Å². The zero-order valence-corrected chi connectivity index (χ0v) is 15.2. The monoisotopic (exact) mass is 376 g/mol. The molecule has 1 aliphatic carbocycles. The molecule has 0 unspecified atom stereocenters. The lowest BCUT2D eigenvalue weighted by molar-refractivity contribution is -0.140. The van der Waals surface area contributed by atoms with Crippen LogP contribution in [-0.4, -0.2) is 29.1 Å². The molecule has 5 rings (SSSR count). The van der Waals surface area contributed by atoms with E-state index in [1.807, 2.05) is 36.4 Å². The third-order valence-electron chi connectivity index (χ3n) is 5.72. The summed E-state index contributed by atoms with van der Waals surface area (Å²) in [5.41, 5.74) is 4.67. The number of carboxylic acids is 1. The predicted octanol–water partition coefficient (Wildman–Crippen LogP) is 2.79. The third-order valence-corrected chi connectivity index (χ3v) is 5.72. The van der Waals surface area contributed by atoms with Gasteiger partial charge in [0.1, 0.15) is 17.9 Å². The van der Waals surface area contributed by atoms with Gasteiger partial charge >= 0.3 is 5.97 Å². The number of nitrogens with one attached hydrogen (secondary N) is 2. The zero-order valence-electron chi connectivity index (χ0n) is 15.2. The molecule has 0 radical (unpaired) electrons. The molecule has 1 amide bonds. The molecule has 0 bridgehead atoms. The third kappa shape index (κ3) is 2.68. The molecule has 28 heavy (non-hydrogen) atoms. The minimum absolute atomic E-state index is 0.138. The minimum Gasteiger partial charge on any atom is -0.487 e. The summed E-state index contributed by atoms with van der Waals surface area (Å²) in [4.78, 5) is 23.7. The summed E-state index contributed by atoms with van der Waals surface area (Å²) in [5, 5.41) is 15.3. The number of para-hydroxylation sites is 1. The van der Waals surface area contributed by atoms with Crippen molar-refractivity contribution in [2.45, 2.75) is 31.4 Å². The summed E-state index contributed by atoms with van der Waals surface area (Å²) in [7, 11) is 0. The number of fused-ring (bicyclic) bond motifs is 2. The maximum atomic E-state index is 12.5. The van der Waals surface area contributed by atoms with Gasteiger partial charge in [-0.05, 0) is 30.9 Å². The Morgan fingerprint density at radius 2 is 2.00 bits per heavy atom. The van der Waals surface area contributed by atoms with Crippen molar-refractivity contribution in [2.75, 3.05) is 11.9 Å². The fraction of sp³-hybridized carbons (Fsp3) is 0.273. The Kier molecular flexibility index (Phi) is 3.77. The lowest BCUT2D eigenvalue weighted by atomic mass is 9.98. The summed E-state index contributed by atoms with van der Waals surface area (Å²) < 4.78 is 5.92. The maximum Gasteiger partial charge on any atom is 0.323 e. The molecule has 0 spiro atoms. The van der Waals surface area contributed by atoms with Crippen LogP contribution in [0.3, 0.4) is 0 Å². The summed E-state index contributed by atoms with van der Waals surface area (Å²) in [6.45, 7) is 1.06. The number of amides is 1. The van der Waals surface area contributed by atoms with Crippen LogP contribution in [0.5, 0.6) is 0 Å². The smallest absolute Gasteiger partial charge is 0.323 e. The fourth-order valence-corrected chi connectivity index (χ4v) is 3.96. The highest BCUT2D eigenvalue weighted by atomic mass is 16.5. The van der Waals surface area contributed by atoms with Crippen molar-refractivity contribution in [1.82, 2.24) is 5.32 Å². The average Bonchev–Trinajstić information content (AvgIpc) is 3.26. The van der Waals surface area contributed by atoms with E-state index in [1.54, 1.807) is 0 Å². The molecule has 6 heteroatoms. The first kappa shape index (κ1) is 17.0. The molecule has 3 N–H and O–H groups in total. The van der Waals surface area contributed by atoms with Crippen molar-refractivity contribution >= 4 is 28.9 Å².